The maximum absolute atomic E-state index is 12.9. The van der Waals surface area contributed by atoms with E-state index in [9.17, 15) is 10.1 Å². The third-order valence-corrected chi connectivity index (χ3v) is 5.24. The van der Waals surface area contributed by atoms with E-state index < -0.39 is 5.41 Å². The number of carbonyl (C=O) groups is 1. The SMILES string of the molecule is COc1ccc(CC(C#N)(CC(=O)Nc2ccccc2)c2nc3ccccc3[nH]2)cc1. The minimum atomic E-state index is -1.16. The predicted octanol–water partition coefficient (Wildman–Crippen LogP) is 4.60. The van der Waals surface area contributed by atoms with Crippen molar-refractivity contribution in [2.75, 3.05) is 12.4 Å². The maximum atomic E-state index is 12.9. The highest BCUT2D eigenvalue weighted by atomic mass is 16.5. The number of H-pyrrole nitrogens is 1. The molecule has 154 valence electrons. The van der Waals surface area contributed by atoms with Crippen molar-refractivity contribution in [3.63, 3.8) is 0 Å². The van der Waals surface area contributed by atoms with E-state index in [0.29, 0.717) is 17.9 Å². The van der Waals surface area contributed by atoms with Crippen LogP contribution in [0.3, 0.4) is 0 Å². The topological polar surface area (TPSA) is 90.8 Å². The zero-order valence-corrected chi connectivity index (χ0v) is 17.1. The first kappa shape index (κ1) is 20.2. The molecule has 1 amide bonds. The fourth-order valence-corrected chi connectivity index (χ4v) is 3.63. The van der Waals surface area contributed by atoms with Crippen molar-refractivity contribution in [3.8, 4) is 11.8 Å². The summed E-state index contributed by atoms with van der Waals surface area (Å²) in [4.78, 5) is 20.9. The largest absolute Gasteiger partial charge is 0.497 e. The van der Waals surface area contributed by atoms with Crippen molar-refractivity contribution >= 4 is 22.6 Å². The second-order valence-electron chi connectivity index (χ2n) is 7.41. The van der Waals surface area contributed by atoms with E-state index in [0.717, 1.165) is 22.3 Å². The van der Waals surface area contributed by atoms with Gasteiger partial charge in [-0.1, -0.05) is 42.5 Å². The van der Waals surface area contributed by atoms with Gasteiger partial charge < -0.3 is 15.0 Å². The highest BCUT2D eigenvalue weighted by Crippen LogP contribution is 2.32. The molecular weight excluding hydrogens is 388 g/mol. The molecule has 1 heterocycles. The number of ether oxygens (including phenoxy) is 1. The van der Waals surface area contributed by atoms with Gasteiger partial charge in [-0.2, -0.15) is 5.26 Å². The zero-order chi connectivity index (χ0) is 21.7. The van der Waals surface area contributed by atoms with E-state index in [1.54, 1.807) is 7.11 Å². The number of rotatable bonds is 7. The van der Waals surface area contributed by atoms with E-state index >= 15 is 0 Å². The quantitative estimate of drug-likeness (QED) is 0.466. The van der Waals surface area contributed by atoms with Crippen molar-refractivity contribution in [2.24, 2.45) is 0 Å². The highest BCUT2D eigenvalue weighted by Gasteiger charge is 2.38. The van der Waals surface area contributed by atoms with Crippen molar-refractivity contribution in [1.29, 1.82) is 5.26 Å². The molecule has 0 saturated carbocycles. The molecule has 0 saturated heterocycles. The number of imidazole rings is 1. The minimum Gasteiger partial charge on any atom is -0.497 e. The van der Waals surface area contributed by atoms with Gasteiger partial charge in [0.1, 0.15) is 17.0 Å². The third-order valence-electron chi connectivity index (χ3n) is 5.24. The number of aromatic nitrogens is 2. The molecular formula is C25H22N4O2. The van der Waals surface area contributed by atoms with Crippen LogP contribution in [0.25, 0.3) is 11.0 Å². The molecule has 2 N–H and O–H groups in total. The lowest BCUT2D eigenvalue weighted by atomic mass is 9.78. The Bertz CT molecular complexity index is 1190. The Labute approximate surface area is 180 Å². The summed E-state index contributed by atoms with van der Waals surface area (Å²) in [6.07, 6.45) is 0.291. The predicted molar refractivity (Wildman–Crippen MR) is 120 cm³/mol. The first-order chi connectivity index (χ1) is 15.1. The van der Waals surface area contributed by atoms with E-state index in [1.807, 2.05) is 78.9 Å². The monoisotopic (exact) mass is 410 g/mol. The number of methoxy groups -OCH3 is 1. The number of carbonyl (C=O) groups excluding carboxylic acids is 1. The lowest BCUT2D eigenvalue weighted by molar-refractivity contribution is -0.117. The minimum absolute atomic E-state index is 0.0375. The van der Waals surface area contributed by atoms with Gasteiger partial charge in [0.05, 0.1) is 30.6 Å². The number of nitriles is 1. The summed E-state index contributed by atoms with van der Waals surface area (Å²) >= 11 is 0. The summed E-state index contributed by atoms with van der Waals surface area (Å²) in [5.41, 5.74) is 2.03. The zero-order valence-electron chi connectivity index (χ0n) is 17.1. The van der Waals surface area contributed by atoms with Crippen LogP contribution in [0.15, 0.2) is 78.9 Å². The molecule has 4 aromatic rings. The lowest BCUT2D eigenvalue weighted by Crippen LogP contribution is -2.34. The number of anilines is 1. The van der Waals surface area contributed by atoms with Crippen molar-refractivity contribution in [2.45, 2.75) is 18.3 Å². The van der Waals surface area contributed by atoms with Crippen LogP contribution in [-0.2, 0) is 16.6 Å². The normalized spacial score (nSPS) is 12.6. The molecule has 1 aromatic heterocycles. The molecule has 0 radical (unpaired) electrons. The lowest BCUT2D eigenvalue weighted by Gasteiger charge is -2.24. The second-order valence-corrected chi connectivity index (χ2v) is 7.41. The van der Waals surface area contributed by atoms with Gasteiger partial charge in [-0.05, 0) is 48.4 Å². The van der Waals surface area contributed by atoms with Crippen molar-refractivity contribution < 1.29 is 9.53 Å². The molecule has 0 fully saturated rings. The Hall–Kier alpha value is -4.11. The van der Waals surface area contributed by atoms with Gasteiger partial charge in [0.15, 0.2) is 0 Å². The second kappa shape index (κ2) is 8.72. The van der Waals surface area contributed by atoms with Gasteiger partial charge in [-0.3, -0.25) is 4.79 Å². The van der Waals surface area contributed by atoms with Gasteiger partial charge >= 0.3 is 0 Å². The number of benzene rings is 3. The van der Waals surface area contributed by atoms with Crippen LogP contribution in [-0.4, -0.2) is 23.0 Å². The fourth-order valence-electron chi connectivity index (χ4n) is 3.63. The van der Waals surface area contributed by atoms with Gasteiger partial charge in [-0.15, -0.1) is 0 Å². The van der Waals surface area contributed by atoms with Crippen LogP contribution in [0.4, 0.5) is 5.69 Å². The Kier molecular flexibility index (Phi) is 5.67. The first-order valence-corrected chi connectivity index (χ1v) is 9.96. The van der Waals surface area contributed by atoms with Crippen LogP contribution in [0, 0.1) is 11.3 Å². The highest BCUT2D eigenvalue weighted by molar-refractivity contribution is 5.92. The average molecular weight is 410 g/mol. The Morgan fingerprint density at radius 3 is 2.45 bits per heavy atom. The average Bonchev–Trinajstić information content (AvgIpc) is 3.25. The summed E-state index contributed by atoms with van der Waals surface area (Å²) < 4.78 is 5.23. The van der Waals surface area contributed by atoms with Gasteiger partial charge in [-0.25, -0.2) is 4.98 Å². The van der Waals surface area contributed by atoms with E-state index in [1.165, 1.54) is 0 Å². The number of hydrogen-bond donors (Lipinski definition) is 2. The van der Waals surface area contributed by atoms with Crippen LogP contribution < -0.4 is 10.1 Å². The summed E-state index contributed by atoms with van der Waals surface area (Å²) in [7, 11) is 1.61. The summed E-state index contributed by atoms with van der Waals surface area (Å²) in [5.74, 6) is 0.966. The summed E-state index contributed by atoms with van der Waals surface area (Å²) in [6.45, 7) is 0. The standard InChI is InChI=1S/C25H22N4O2/c1-31-20-13-11-18(12-14-20)15-25(17-26,16-23(30)27-19-7-3-2-4-8-19)24-28-21-9-5-6-10-22(21)29-24/h2-14H,15-16H2,1H3,(H,27,30)(H,28,29). The number of para-hydroxylation sites is 3. The number of nitrogens with zero attached hydrogens (tertiary/aromatic N) is 2. The Morgan fingerprint density at radius 1 is 1.06 bits per heavy atom. The fraction of sp³-hybridized carbons (Fsp3) is 0.160. The van der Waals surface area contributed by atoms with Gasteiger partial charge in [0.25, 0.3) is 0 Å². The molecule has 0 bridgehead atoms. The summed E-state index contributed by atoms with van der Waals surface area (Å²) in [6, 6.07) is 26.7. The van der Waals surface area contributed by atoms with Crippen LogP contribution in [0.1, 0.15) is 17.8 Å². The van der Waals surface area contributed by atoms with Crippen molar-refractivity contribution in [3.05, 3.63) is 90.3 Å². The molecule has 3 aromatic carbocycles. The van der Waals surface area contributed by atoms with Gasteiger partial charge in [0, 0.05) is 5.69 Å². The van der Waals surface area contributed by atoms with Crippen molar-refractivity contribution in [1.82, 2.24) is 9.97 Å². The number of amides is 1. The molecule has 1 unspecified atom stereocenters. The molecule has 6 nitrogen and oxygen atoms in total. The Morgan fingerprint density at radius 2 is 1.77 bits per heavy atom. The molecule has 31 heavy (non-hydrogen) atoms. The maximum Gasteiger partial charge on any atom is 0.226 e. The van der Waals surface area contributed by atoms with Gasteiger partial charge in [0.2, 0.25) is 5.91 Å². The smallest absolute Gasteiger partial charge is 0.226 e. The third kappa shape index (κ3) is 4.41. The van der Waals surface area contributed by atoms with E-state index in [4.69, 9.17) is 4.74 Å². The Balaban J connectivity index is 1.70. The van der Waals surface area contributed by atoms with E-state index in [2.05, 4.69) is 21.4 Å². The molecule has 0 aliphatic carbocycles. The molecule has 4 rings (SSSR count). The van der Waals surface area contributed by atoms with Crippen LogP contribution >= 0.6 is 0 Å². The molecule has 0 aliphatic heterocycles. The number of hydrogen-bond acceptors (Lipinski definition) is 4. The molecule has 0 aliphatic rings. The van der Waals surface area contributed by atoms with Crippen LogP contribution in [0.5, 0.6) is 5.75 Å². The number of nitrogens with one attached hydrogen (secondary N) is 2. The molecule has 1 atom stereocenters. The first-order valence-electron chi connectivity index (χ1n) is 9.96. The number of fused-ring (bicyclic) bond motifs is 1. The van der Waals surface area contributed by atoms with Crippen LogP contribution in [0.2, 0.25) is 0 Å². The number of aromatic amines is 1. The molecule has 0 spiro atoms. The molecule has 6 heteroatoms. The summed E-state index contributed by atoms with van der Waals surface area (Å²) in [5, 5.41) is 13.2. The van der Waals surface area contributed by atoms with E-state index in [-0.39, 0.29) is 12.3 Å².